The van der Waals surface area contributed by atoms with Crippen molar-refractivity contribution in [1.29, 1.82) is 0 Å². The Bertz CT molecular complexity index is 719. The maximum Gasteiger partial charge on any atom is 0.326 e. The second-order valence-corrected chi connectivity index (χ2v) is 6.34. The molecule has 1 amide bonds. The van der Waals surface area contributed by atoms with Crippen LogP contribution >= 0.6 is 0 Å². The predicted octanol–water partition coefficient (Wildman–Crippen LogP) is 2.56. The lowest BCUT2D eigenvalue weighted by Crippen LogP contribution is -2.40. The van der Waals surface area contributed by atoms with Crippen LogP contribution in [0.5, 0.6) is 0 Å². The van der Waals surface area contributed by atoms with E-state index >= 15 is 0 Å². The molecule has 1 aromatic carbocycles. The monoisotopic (exact) mass is 341 g/mol. The van der Waals surface area contributed by atoms with Gasteiger partial charge in [0.25, 0.3) is 0 Å². The molecule has 0 aliphatic heterocycles. The van der Waals surface area contributed by atoms with Crippen LogP contribution in [-0.2, 0) is 16.1 Å². The molecule has 25 heavy (non-hydrogen) atoms. The first kappa shape index (κ1) is 18.4. The van der Waals surface area contributed by atoms with Crippen LogP contribution in [0.1, 0.15) is 31.4 Å². The molecule has 0 radical (unpaired) electrons. The van der Waals surface area contributed by atoms with E-state index in [0.717, 1.165) is 17.7 Å². The topological polar surface area (TPSA) is 84.2 Å². The number of carbonyl (C=O) groups is 2. The molecular formula is C19H23N3O3. The van der Waals surface area contributed by atoms with Crippen molar-refractivity contribution in [3.8, 4) is 0 Å². The summed E-state index contributed by atoms with van der Waals surface area (Å²) >= 11 is 0. The molecule has 2 rings (SSSR count). The molecule has 0 bridgehead atoms. The molecule has 6 heteroatoms. The van der Waals surface area contributed by atoms with Crippen LogP contribution in [-0.4, -0.2) is 32.6 Å². The van der Waals surface area contributed by atoms with Gasteiger partial charge in [-0.1, -0.05) is 38.1 Å². The molecule has 2 N–H and O–H groups in total. The lowest BCUT2D eigenvalue weighted by molar-refractivity contribution is -0.141. The minimum atomic E-state index is -1.01. The molecule has 0 saturated carbocycles. The van der Waals surface area contributed by atoms with Gasteiger partial charge in [-0.3, -0.25) is 4.79 Å². The van der Waals surface area contributed by atoms with Gasteiger partial charge in [0.15, 0.2) is 0 Å². The number of carboxylic acid groups (broad SMARTS) is 1. The Morgan fingerprint density at radius 2 is 2.00 bits per heavy atom. The lowest BCUT2D eigenvalue weighted by atomic mass is 10.0. The van der Waals surface area contributed by atoms with E-state index in [2.05, 4.69) is 10.3 Å². The molecule has 0 saturated heterocycles. The molecule has 1 heterocycles. The van der Waals surface area contributed by atoms with Crippen LogP contribution in [0.4, 0.5) is 0 Å². The third kappa shape index (κ3) is 6.25. The van der Waals surface area contributed by atoms with Gasteiger partial charge < -0.3 is 15.0 Å². The number of benzene rings is 1. The van der Waals surface area contributed by atoms with E-state index in [1.165, 1.54) is 6.08 Å². The van der Waals surface area contributed by atoms with Gasteiger partial charge in [-0.15, -0.1) is 0 Å². The zero-order valence-electron chi connectivity index (χ0n) is 14.4. The average molecular weight is 341 g/mol. The van der Waals surface area contributed by atoms with Gasteiger partial charge in [-0.2, -0.15) is 0 Å². The van der Waals surface area contributed by atoms with E-state index in [1.54, 1.807) is 18.6 Å². The third-order valence-corrected chi connectivity index (χ3v) is 3.65. The fraction of sp³-hybridized carbons (Fsp3) is 0.316. The van der Waals surface area contributed by atoms with Gasteiger partial charge in [0.05, 0.1) is 6.33 Å². The average Bonchev–Trinajstić information content (AvgIpc) is 3.06. The third-order valence-electron chi connectivity index (χ3n) is 3.65. The zero-order valence-corrected chi connectivity index (χ0v) is 14.4. The van der Waals surface area contributed by atoms with Gasteiger partial charge in [-0.05, 0) is 29.5 Å². The fourth-order valence-corrected chi connectivity index (χ4v) is 2.41. The minimum absolute atomic E-state index is 0.188. The number of aromatic nitrogens is 2. The van der Waals surface area contributed by atoms with E-state index in [0.29, 0.717) is 6.42 Å². The second-order valence-electron chi connectivity index (χ2n) is 6.34. The normalized spacial score (nSPS) is 12.4. The van der Waals surface area contributed by atoms with Gasteiger partial charge in [-0.25, -0.2) is 9.78 Å². The van der Waals surface area contributed by atoms with Crippen molar-refractivity contribution in [3.63, 3.8) is 0 Å². The Kier molecular flexibility index (Phi) is 6.51. The number of amides is 1. The summed E-state index contributed by atoms with van der Waals surface area (Å²) in [5.74, 6) is -1.23. The number of aliphatic carboxylic acids is 1. The number of imidazole rings is 1. The SMILES string of the molecule is CC(C)CC(NC(=O)C=Cc1ccc(Cn2ccnc2)cc1)C(=O)O. The molecule has 2 aromatic rings. The molecule has 1 atom stereocenters. The standard InChI is InChI=1S/C19H23N3O3/c1-14(2)11-17(19(24)25)21-18(23)8-7-15-3-5-16(6-4-15)12-22-10-9-20-13-22/h3-10,13-14,17H,11-12H2,1-2H3,(H,21,23)(H,24,25). The highest BCUT2D eigenvalue weighted by atomic mass is 16.4. The van der Waals surface area contributed by atoms with Gasteiger partial charge in [0.2, 0.25) is 5.91 Å². The van der Waals surface area contributed by atoms with Crippen LogP contribution in [0, 0.1) is 5.92 Å². The predicted molar refractivity (Wildman–Crippen MR) is 95.8 cm³/mol. The Hall–Kier alpha value is -2.89. The molecule has 0 spiro atoms. The number of hydrogen-bond donors (Lipinski definition) is 2. The van der Waals surface area contributed by atoms with Crippen molar-refractivity contribution in [2.24, 2.45) is 5.92 Å². The smallest absolute Gasteiger partial charge is 0.326 e. The molecule has 1 aromatic heterocycles. The summed E-state index contributed by atoms with van der Waals surface area (Å²) in [6, 6.07) is 6.93. The quantitative estimate of drug-likeness (QED) is 0.723. The van der Waals surface area contributed by atoms with Crippen LogP contribution in [0.3, 0.4) is 0 Å². The van der Waals surface area contributed by atoms with Crippen molar-refractivity contribution < 1.29 is 14.7 Å². The molecule has 132 valence electrons. The highest BCUT2D eigenvalue weighted by Crippen LogP contribution is 2.09. The van der Waals surface area contributed by atoms with Gasteiger partial charge in [0.1, 0.15) is 6.04 Å². The summed E-state index contributed by atoms with van der Waals surface area (Å²) < 4.78 is 1.97. The van der Waals surface area contributed by atoms with Crippen molar-refractivity contribution in [2.45, 2.75) is 32.9 Å². The second kappa shape index (κ2) is 8.82. The number of hydrogen-bond acceptors (Lipinski definition) is 3. The Balaban J connectivity index is 1.91. The first-order chi connectivity index (χ1) is 11.9. The number of nitrogens with zero attached hydrogens (tertiary/aromatic N) is 2. The van der Waals surface area contributed by atoms with Crippen molar-refractivity contribution in [3.05, 3.63) is 60.2 Å². The van der Waals surface area contributed by atoms with Crippen molar-refractivity contribution in [2.75, 3.05) is 0 Å². The number of rotatable bonds is 8. The lowest BCUT2D eigenvalue weighted by Gasteiger charge is -2.15. The summed E-state index contributed by atoms with van der Waals surface area (Å²) in [5, 5.41) is 11.7. The summed E-state index contributed by atoms with van der Waals surface area (Å²) in [6.45, 7) is 4.58. The maximum atomic E-state index is 11.9. The minimum Gasteiger partial charge on any atom is -0.480 e. The first-order valence-corrected chi connectivity index (χ1v) is 8.20. The van der Waals surface area contributed by atoms with E-state index in [1.807, 2.05) is 48.9 Å². The maximum absolute atomic E-state index is 11.9. The largest absolute Gasteiger partial charge is 0.480 e. The Morgan fingerprint density at radius 1 is 1.28 bits per heavy atom. The Morgan fingerprint density at radius 3 is 2.56 bits per heavy atom. The number of carboxylic acids is 1. The van der Waals surface area contributed by atoms with Gasteiger partial charge >= 0.3 is 5.97 Å². The molecule has 1 unspecified atom stereocenters. The highest BCUT2D eigenvalue weighted by Gasteiger charge is 2.19. The molecular weight excluding hydrogens is 318 g/mol. The fourth-order valence-electron chi connectivity index (χ4n) is 2.41. The van der Waals surface area contributed by atoms with E-state index in [-0.39, 0.29) is 5.92 Å². The highest BCUT2D eigenvalue weighted by molar-refractivity contribution is 5.94. The summed E-state index contributed by atoms with van der Waals surface area (Å²) in [5.41, 5.74) is 2.00. The van der Waals surface area contributed by atoms with Crippen molar-refractivity contribution >= 4 is 18.0 Å². The van der Waals surface area contributed by atoms with Crippen LogP contribution in [0.25, 0.3) is 6.08 Å². The summed E-state index contributed by atoms with van der Waals surface area (Å²) in [4.78, 5) is 27.1. The van der Waals surface area contributed by atoms with Gasteiger partial charge in [0, 0.05) is 25.0 Å². The summed E-state index contributed by atoms with van der Waals surface area (Å²) in [6.07, 6.45) is 8.82. The molecule has 0 fully saturated rings. The first-order valence-electron chi connectivity index (χ1n) is 8.20. The molecule has 0 aliphatic rings. The summed E-state index contributed by atoms with van der Waals surface area (Å²) in [7, 11) is 0. The Labute approximate surface area is 147 Å². The van der Waals surface area contributed by atoms with Crippen LogP contribution in [0.15, 0.2) is 49.1 Å². The van der Waals surface area contributed by atoms with Crippen LogP contribution < -0.4 is 5.32 Å². The van der Waals surface area contributed by atoms with Crippen molar-refractivity contribution in [1.82, 2.24) is 14.9 Å². The molecule has 0 aliphatic carbocycles. The van der Waals surface area contributed by atoms with E-state index in [9.17, 15) is 9.59 Å². The van der Waals surface area contributed by atoms with E-state index in [4.69, 9.17) is 5.11 Å². The molecule has 6 nitrogen and oxygen atoms in total. The van der Waals surface area contributed by atoms with Crippen LogP contribution in [0.2, 0.25) is 0 Å². The number of carbonyl (C=O) groups excluding carboxylic acids is 1. The number of nitrogens with one attached hydrogen (secondary N) is 1. The zero-order chi connectivity index (χ0) is 18.2. The van der Waals surface area contributed by atoms with E-state index < -0.39 is 17.9 Å².